The van der Waals surface area contributed by atoms with Crippen LogP contribution in [0.4, 0.5) is 0 Å². The van der Waals surface area contributed by atoms with Crippen LogP contribution in [0, 0.1) is 0 Å². The number of benzene rings is 1. The minimum atomic E-state index is -0.488. The van der Waals surface area contributed by atoms with E-state index in [0.717, 1.165) is 5.75 Å². The summed E-state index contributed by atoms with van der Waals surface area (Å²) in [5.74, 6) is 0.828. The fourth-order valence-corrected chi connectivity index (χ4v) is 2.00. The molecule has 0 atom stereocenters. The van der Waals surface area contributed by atoms with Gasteiger partial charge in [-0.05, 0) is 37.3 Å². The molecule has 122 valence electrons. The number of aromatic nitrogens is 1. The summed E-state index contributed by atoms with van der Waals surface area (Å²) < 4.78 is 17.2. The Hall–Kier alpha value is -2.76. The number of carbonyl (C=O) groups excluding carboxylic acids is 2. The number of Topliss-reactive ketones (excluding diaryl/α,β-unsaturated/α-hetero) is 1. The Morgan fingerprint density at radius 1 is 1.09 bits per heavy atom. The molecule has 0 saturated carbocycles. The van der Waals surface area contributed by atoms with Gasteiger partial charge in [-0.25, -0.2) is 4.79 Å². The number of ether oxygens (including phenoxy) is 3. The lowest BCUT2D eigenvalue weighted by atomic mass is 10.2. The Morgan fingerprint density at radius 2 is 1.74 bits per heavy atom. The number of aryl methyl sites for hydroxylation is 1. The lowest BCUT2D eigenvalue weighted by molar-refractivity contribution is 0.0439. The molecule has 6 nitrogen and oxygen atoms in total. The smallest absolute Gasteiger partial charge is 0.355 e. The summed E-state index contributed by atoms with van der Waals surface area (Å²) in [6, 6.07) is 8.65. The molecule has 1 aromatic heterocycles. The van der Waals surface area contributed by atoms with Gasteiger partial charge in [-0.2, -0.15) is 0 Å². The van der Waals surface area contributed by atoms with Gasteiger partial charge in [0.1, 0.15) is 30.4 Å². The molecule has 1 aromatic carbocycles. The molecule has 0 spiro atoms. The van der Waals surface area contributed by atoms with Gasteiger partial charge in [-0.1, -0.05) is 0 Å². The van der Waals surface area contributed by atoms with Crippen molar-refractivity contribution in [2.24, 2.45) is 7.05 Å². The van der Waals surface area contributed by atoms with E-state index in [1.54, 1.807) is 49.2 Å². The van der Waals surface area contributed by atoms with Gasteiger partial charge in [0.25, 0.3) is 0 Å². The normalized spacial score (nSPS) is 10.2. The first-order valence-electron chi connectivity index (χ1n) is 7.12. The Bertz CT molecular complexity index is 688. The van der Waals surface area contributed by atoms with Crippen molar-refractivity contribution in [1.29, 1.82) is 0 Å². The van der Waals surface area contributed by atoms with Crippen molar-refractivity contribution >= 4 is 11.8 Å². The molecule has 0 radical (unpaired) electrons. The molecule has 6 heteroatoms. The maximum absolute atomic E-state index is 12.0. The van der Waals surface area contributed by atoms with Crippen molar-refractivity contribution < 1.29 is 23.8 Å². The van der Waals surface area contributed by atoms with Crippen LogP contribution in [0.1, 0.15) is 27.8 Å². The summed E-state index contributed by atoms with van der Waals surface area (Å²) in [5, 5.41) is 0. The average Bonchev–Trinajstić information content (AvgIpc) is 2.94. The van der Waals surface area contributed by atoms with Gasteiger partial charge in [0.15, 0.2) is 5.78 Å². The van der Waals surface area contributed by atoms with Crippen LogP contribution in [0.3, 0.4) is 0 Å². The number of methoxy groups -OCH3 is 1. The molecular weight excluding hydrogens is 298 g/mol. The molecule has 0 bridgehead atoms. The minimum absolute atomic E-state index is 0.0949. The number of rotatable bonds is 7. The number of hydrogen-bond donors (Lipinski definition) is 0. The zero-order valence-electron chi connectivity index (χ0n) is 13.4. The quantitative estimate of drug-likeness (QED) is 0.446. The van der Waals surface area contributed by atoms with Crippen molar-refractivity contribution in [2.45, 2.75) is 6.92 Å². The maximum atomic E-state index is 12.0. The molecule has 0 saturated heterocycles. The molecule has 0 aliphatic rings. The SMILES string of the molecule is COc1ccc(OCCOC(=O)c2cc(C(C)=O)cn2C)cc1. The van der Waals surface area contributed by atoms with Gasteiger partial charge < -0.3 is 18.8 Å². The largest absolute Gasteiger partial charge is 0.497 e. The predicted octanol–water partition coefficient (Wildman–Crippen LogP) is 2.47. The van der Waals surface area contributed by atoms with E-state index in [1.165, 1.54) is 13.0 Å². The third kappa shape index (κ3) is 4.35. The topological polar surface area (TPSA) is 66.8 Å². The minimum Gasteiger partial charge on any atom is -0.497 e. The van der Waals surface area contributed by atoms with Crippen LogP contribution in [0.25, 0.3) is 0 Å². The first-order valence-corrected chi connectivity index (χ1v) is 7.12. The van der Waals surface area contributed by atoms with E-state index in [-0.39, 0.29) is 19.0 Å². The fraction of sp³-hybridized carbons (Fsp3) is 0.294. The summed E-state index contributed by atoms with van der Waals surface area (Å²) in [7, 11) is 3.29. The van der Waals surface area contributed by atoms with Gasteiger partial charge in [0.2, 0.25) is 0 Å². The summed E-state index contributed by atoms with van der Waals surface area (Å²) in [6.45, 7) is 1.81. The molecule has 2 rings (SSSR count). The maximum Gasteiger partial charge on any atom is 0.355 e. The zero-order chi connectivity index (χ0) is 16.8. The number of ketones is 1. The second-order valence-corrected chi connectivity index (χ2v) is 4.94. The predicted molar refractivity (Wildman–Crippen MR) is 84.2 cm³/mol. The molecule has 23 heavy (non-hydrogen) atoms. The number of carbonyl (C=O) groups is 2. The molecule has 0 aliphatic carbocycles. The van der Waals surface area contributed by atoms with Crippen LogP contribution >= 0.6 is 0 Å². The van der Waals surface area contributed by atoms with Crippen LogP contribution in [0.15, 0.2) is 36.5 Å². The van der Waals surface area contributed by atoms with Crippen LogP contribution in [0.5, 0.6) is 11.5 Å². The van der Waals surface area contributed by atoms with Crippen LogP contribution in [-0.2, 0) is 11.8 Å². The standard InChI is InChI=1S/C17H19NO5/c1-12(19)13-10-16(18(2)11-13)17(20)23-9-8-22-15-6-4-14(21-3)5-7-15/h4-7,10-11H,8-9H2,1-3H3. The van der Waals surface area contributed by atoms with E-state index in [0.29, 0.717) is 17.0 Å². The van der Waals surface area contributed by atoms with E-state index < -0.39 is 5.97 Å². The molecule has 0 unspecified atom stereocenters. The molecule has 0 amide bonds. The Balaban J connectivity index is 1.81. The van der Waals surface area contributed by atoms with E-state index in [9.17, 15) is 9.59 Å². The summed E-state index contributed by atoms with van der Waals surface area (Å²) in [6.07, 6.45) is 1.60. The monoisotopic (exact) mass is 317 g/mol. The second kappa shape index (κ2) is 7.49. The summed E-state index contributed by atoms with van der Waals surface area (Å²) in [5.41, 5.74) is 0.814. The molecule has 0 fully saturated rings. The molecule has 0 N–H and O–H groups in total. The van der Waals surface area contributed by atoms with Crippen molar-refractivity contribution in [2.75, 3.05) is 20.3 Å². The molecule has 1 heterocycles. The highest BCUT2D eigenvalue weighted by Gasteiger charge is 2.14. The third-order valence-corrected chi connectivity index (χ3v) is 3.27. The summed E-state index contributed by atoms with van der Waals surface area (Å²) in [4.78, 5) is 23.3. The van der Waals surface area contributed by atoms with Gasteiger partial charge in [0, 0.05) is 18.8 Å². The fourth-order valence-electron chi connectivity index (χ4n) is 2.00. The zero-order valence-corrected chi connectivity index (χ0v) is 13.4. The highest BCUT2D eigenvalue weighted by molar-refractivity contribution is 5.97. The molecular formula is C17H19NO5. The van der Waals surface area contributed by atoms with Gasteiger partial charge in [-0.15, -0.1) is 0 Å². The van der Waals surface area contributed by atoms with Crippen molar-refractivity contribution in [3.63, 3.8) is 0 Å². The van der Waals surface area contributed by atoms with Crippen molar-refractivity contribution in [1.82, 2.24) is 4.57 Å². The Kier molecular flexibility index (Phi) is 5.41. The van der Waals surface area contributed by atoms with Crippen molar-refractivity contribution in [3.8, 4) is 11.5 Å². The number of esters is 1. The third-order valence-electron chi connectivity index (χ3n) is 3.27. The first-order chi connectivity index (χ1) is 11.0. The van der Waals surface area contributed by atoms with Crippen molar-refractivity contribution in [3.05, 3.63) is 47.8 Å². The van der Waals surface area contributed by atoms with Crippen LogP contribution < -0.4 is 9.47 Å². The lowest BCUT2D eigenvalue weighted by Gasteiger charge is -2.08. The number of hydrogen-bond acceptors (Lipinski definition) is 5. The molecule has 0 aliphatic heterocycles. The lowest BCUT2D eigenvalue weighted by Crippen LogP contribution is -2.14. The van der Waals surface area contributed by atoms with Gasteiger partial charge in [-0.3, -0.25) is 4.79 Å². The number of nitrogens with zero attached hydrogens (tertiary/aromatic N) is 1. The van der Waals surface area contributed by atoms with E-state index >= 15 is 0 Å². The Morgan fingerprint density at radius 3 is 2.30 bits per heavy atom. The van der Waals surface area contributed by atoms with Gasteiger partial charge in [0.05, 0.1) is 7.11 Å². The van der Waals surface area contributed by atoms with Gasteiger partial charge >= 0.3 is 5.97 Å². The van der Waals surface area contributed by atoms with Crippen LogP contribution in [0.2, 0.25) is 0 Å². The highest BCUT2D eigenvalue weighted by atomic mass is 16.6. The van der Waals surface area contributed by atoms with Crippen LogP contribution in [-0.4, -0.2) is 36.6 Å². The second-order valence-electron chi connectivity index (χ2n) is 4.94. The highest BCUT2D eigenvalue weighted by Crippen LogP contribution is 2.17. The summed E-state index contributed by atoms with van der Waals surface area (Å²) >= 11 is 0. The molecule has 2 aromatic rings. The van der Waals surface area contributed by atoms with E-state index in [2.05, 4.69) is 0 Å². The Labute approximate surface area is 134 Å². The average molecular weight is 317 g/mol. The van der Waals surface area contributed by atoms with E-state index in [4.69, 9.17) is 14.2 Å². The van der Waals surface area contributed by atoms with E-state index in [1.807, 2.05) is 0 Å². The first kappa shape index (κ1) is 16.6.